The molecular weight excluding hydrogens is 404 g/mol. The molecule has 0 atom stereocenters. The van der Waals surface area contributed by atoms with E-state index in [1.165, 1.54) is 19.2 Å². The molecule has 0 unspecified atom stereocenters. The molecule has 0 spiro atoms. The number of nitrogens with one attached hydrogen (secondary N) is 2. The van der Waals surface area contributed by atoms with Gasteiger partial charge in [0.15, 0.2) is 0 Å². The van der Waals surface area contributed by atoms with Gasteiger partial charge in [-0.05, 0) is 43.2 Å². The van der Waals surface area contributed by atoms with E-state index >= 15 is 0 Å². The van der Waals surface area contributed by atoms with Crippen LogP contribution in [-0.4, -0.2) is 63.6 Å². The number of benzene rings is 1. The van der Waals surface area contributed by atoms with Crippen LogP contribution in [0.5, 0.6) is 0 Å². The van der Waals surface area contributed by atoms with Gasteiger partial charge < -0.3 is 10.1 Å². The van der Waals surface area contributed by atoms with Crippen molar-refractivity contribution in [3.63, 3.8) is 0 Å². The number of nitrogens with zero attached hydrogens (tertiary/aromatic N) is 2. The maximum Gasteiger partial charge on any atom is 0.251 e. The standard InChI is InChI=1S/C21H28N4O4S/c1-29-14-11-23-30(27,28)20-7-4-5-17(15-20)21(26)24-18-8-12-25(13-9-18)16-19-6-2-3-10-22-19/h2-7,10,15,18,23H,8-9,11-14,16H2,1H3,(H,24,26). The third-order valence-electron chi connectivity index (χ3n) is 5.04. The maximum atomic E-state index is 12.7. The molecule has 2 N–H and O–H groups in total. The van der Waals surface area contributed by atoms with Crippen LogP contribution in [0.15, 0.2) is 53.6 Å². The number of carbonyl (C=O) groups is 1. The van der Waals surface area contributed by atoms with E-state index in [0.29, 0.717) is 5.56 Å². The normalized spacial score (nSPS) is 15.8. The Labute approximate surface area is 177 Å². The minimum Gasteiger partial charge on any atom is -0.383 e. The molecule has 1 fully saturated rings. The third-order valence-corrected chi connectivity index (χ3v) is 6.50. The van der Waals surface area contributed by atoms with E-state index in [-0.39, 0.29) is 30.0 Å². The first-order valence-electron chi connectivity index (χ1n) is 10.00. The molecule has 0 radical (unpaired) electrons. The lowest BCUT2D eigenvalue weighted by atomic mass is 10.0. The molecule has 1 aromatic carbocycles. The van der Waals surface area contributed by atoms with Crippen LogP contribution < -0.4 is 10.0 Å². The fourth-order valence-electron chi connectivity index (χ4n) is 3.39. The van der Waals surface area contributed by atoms with Crippen LogP contribution in [-0.2, 0) is 21.3 Å². The van der Waals surface area contributed by atoms with Crippen LogP contribution in [0.4, 0.5) is 0 Å². The fourth-order valence-corrected chi connectivity index (χ4v) is 4.45. The Balaban J connectivity index is 1.53. The third kappa shape index (κ3) is 6.33. The summed E-state index contributed by atoms with van der Waals surface area (Å²) in [6, 6.07) is 12.0. The fraction of sp³-hybridized carbons (Fsp3) is 0.429. The molecule has 0 aliphatic carbocycles. The second-order valence-corrected chi connectivity index (χ2v) is 9.03. The summed E-state index contributed by atoms with van der Waals surface area (Å²) in [5.74, 6) is -0.257. The van der Waals surface area contributed by atoms with Gasteiger partial charge in [0.1, 0.15) is 0 Å². The van der Waals surface area contributed by atoms with Gasteiger partial charge in [-0.1, -0.05) is 12.1 Å². The van der Waals surface area contributed by atoms with Crippen molar-refractivity contribution in [2.24, 2.45) is 0 Å². The number of ether oxygens (including phenoxy) is 1. The highest BCUT2D eigenvalue weighted by atomic mass is 32.2. The molecule has 2 aromatic rings. The Morgan fingerprint density at radius 1 is 1.20 bits per heavy atom. The zero-order valence-corrected chi connectivity index (χ0v) is 17.9. The van der Waals surface area contributed by atoms with Crippen molar-refractivity contribution in [3.8, 4) is 0 Å². The van der Waals surface area contributed by atoms with Crippen LogP contribution in [0.2, 0.25) is 0 Å². The lowest BCUT2D eigenvalue weighted by molar-refractivity contribution is 0.0908. The monoisotopic (exact) mass is 432 g/mol. The minimum absolute atomic E-state index is 0.0661. The summed E-state index contributed by atoms with van der Waals surface area (Å²) in [5.41, 5.74) is 1.37. The van der Waals surface area contributed by atoms with Crippen LogP contribution in [0.3, 0.4) is 0 Å². The minimum atomic E-state index is -3.68. The highest BCUT2D eigenvalue weighted by molar-refractivity contribution is 7.89. The number of methoxy groups -OCH3 is 1. The van der Waals surface area contributed by atoms with Gasteiger partial charge in [-0.2, -0.15) is 0 Å². The first kappa shape index (κ1) is 22.4. The van der Waals surface area contributed by atoms with Gasteiger partial charge in [-0.15, -0.1) is 0 Å². The van der Waals surface area contributed by atoms with Crippen molar-refractivity contribution in [2.75, 3.05) is 33.4 Å². The summed E-state index contributed by atoms with van der Waals surface area (Å²) >= 11 is 0. The lowest BCUT2D eigenvalue weighted by Crippen LogP contribution is -2.44. The van der Waals surface area contributed by atoms with Gasteiger partial charge in [-0.3, -0.25) is 14.7 Å². The number of pyridine rings is 1. The molecule has 1 aliphatic heterocycles. The van der Waals surface area contributed by atoms with Crippen LogP contribution in [0, 0.1) is 0 Å². The van der Waals surface area contributed by atoms with E-state index in [1.807, 2.05) is 18.2 Å². The molecule has 162 valence electrons. The van der Waals surface area contributed by atoms with Crippen molar-refractivity contribution >= 4 is 15.9 Å². The first-order valence-corrected chi connectivity index (χ1v) is 11.5. The number of carbonyl (C=O) groups excluding carboxylic acids is 1. The molecular formula is C21H28N4O4S. The predicted octanol–water partition coefficient (Wildman–Crippen LogP) is 1.40. The number of amides is 1. The number of hydrogen-bond acceptors (Lipinski definition) is 6. The Morgan fingerprint density at radius 3 is 2.70 bits per heavy atom. The molecule has 1 aromatic heterocycles. The smallest absolute Gasteiger partial charge is 0.251 e. The van der Waals surface area contributed by atoms with Crippen molar-refractivity contribution in [1.29, 1.82) is 0 Å². The first-order chi connectivity index (χ1) is 14.5. The number of piperidine rings is 1. The number of hydrogen-bond donors (Lipinski definition) is 2. The van der Waals surface area contributed by atoms with Gasteiger partial charge >= 0.3 is 0 Å². The van der Waals surface area contributed by atoms with Crippen molar-refractivity contribution in [1.82, 2.24) is 19.9 Å². The molecule has 2 heterocycles. The predicted molar refractivity (Wildman–Crippen MR) is 114 cm³/mol. The molecule has 1 saturated heterocycles. The van der Waals surface area contributed by atoms with E-state index in [2.05, 4.69) is 19.9 Å². The second kappa shape index (κ2) is 10.6. The van der Waals surface area contributed by atoms with Gasteiger partial charge in [0, 0.05) is 51.1 Å². The van der Waals surface area contributed by atoms with E-state index in [9.17, 15) is 13.2 Å². The Bertz CT molecular complexity index is 929. The molecule has 1 amide bonds. The summed E-state index contributed by atoms with van der Waals surface area (Å²) in [7, 11) is -2.18. The summed E-state index contributed by atoms with van der Waals surface area (Å²) < 4.78 is 32.0. The van der Waals surface area contributed by atoms with Crippen molar-refractivity contribution in [2.45, 2.75) is 30.3 Å². The highest BCUT2D eigenvalue weighted by Gasteiger charge is 2.22. The van der Waals surface area contributed by atoms with Gasteiger partial charge in [0.25, 0.3) is 5.91 Å². The molecule has 0 bridgehead atoms. The molecule has 0 saturated carbocycles. The van der Waals surface area contributed by atoms with Crippen molar-refractivity contribution < 1.29 is 17.9 Å². The summed E-state index contributed by atoms with van der Waals surface area (Å²) in [4.78, 5) is 19.4. The van der Waals surface area contributed by atoms with Crippen LogP contribution >= 0.6 is 0 Å². The van der Waals surface area contributed by atoms with Crippen LogP contribution in [0.1, 0.15) is 28.9 Å². The number of sulfonamides is 1. The number of aromatic nitrogens is 1. The molecule has 30 heavy (non-hydrogen) atoms. The maximum absolute atomic E-state index is 12.7. The van der Waals surface area contributed by atoms with E-state index in [1.54, 1.807) is 18.3 Å². The molecule has 9 heteroatoms. The Hall–Kier alpha value is -2.33. The largest absolute Gasteiger partial charge is 0.383 e. The van der Waals surface area contributed by atoms with E-state index < -0.39 is 10.0 Å². The van der Waals surface area contributed by atoms with Crippen LogP contribution in [0.25, 0.3) is 0 Å². The van der Waals surface area contributed by atoms with Gasteiger partial charge in [-0.25, -0.2) is 13.1 Å². The lowest BCUT2D eigenvalue weighted by Gasteiger charge is -2.32. The van der Waals surface area contributed by atoms with Gasteiger partial charge in [0.05, 0.1) is 17.2 Å². The highest BCUT2D eigenvalue weighted by Crippen LogP contribution is 2.15. The summed E-state index contributed by atoms with van der Waals surface area (Å²) in [5, 5.41) is 3.03. The summed E-state index contributed by atoms with van der Waals surface area (Å²) in [6.07, 6.45) is 3.48. The topological polar surface area (TPSA) is 101 Å². The molecule has 3 rings (SSSR count). The summed E-state index contributed by atoms with van der Waals surface area (Å²) in [6.45, 7) is 3.00. The SMILES string of the molecule is COCCNS(=O)(=O)c1cccc(C(=O)NC2CCN(Cc3ccccn3)CC2)c1. The Kier molecular flexibility index (Phi) is 7.92. The van der Waals surface area contributed by atoms with E-state index in [0.717, 1.165) is 38.2 Å². The second-order valence-electron chi connectivity index (χ2n) is 7.26. The average molecular weight is 433 g/mol. The van der Waals surface area contributed by atoms with Crippen molar-refractivity contribution in [3.05, 3.63) is 59.9 Å². The van der Waals surface area contributed by atoms with E-state index in [4.69, 9.17) is 4.74 Å². The molecule has 1 aliphatic rings. The zero-order chi connectivity index (χ0) is 21.4. The molecule has 8 nitrogen and oxygen atoms in total. The number of rotatable bonds is 9. The quantitative estimate of drug-likeness (QED) is 0.581. The average Bonchev–Trinajstić information content (AvgIpc) is 2.76. The number of likely N-dealkylation sites (tertiary alicyclic amines) is 1. The zero-order valence-electron chi connectivity index (χ0n) is 17.1. The van der Waals surface area contributed by atoms with Gasteiger partial charge in [0.2, 0.25) is 10.0 Å². The Morgan fingerprint density at radius 2 is 2.00 bits per heavy atom.